The number of anilines is 1. The fourth-order valence-electron chi connectivity index (χ4n) is 3.43. The largest absolute Gasteiger partial charge is 0.349 e. The van der Waals surface area contributed by atoms with E-state index in [9.17, 15) is 4.79 Å². The van der Waals surface area contributed by atoms with Gasteiger partial charge in [0.15, 0.2) is 5.79 Å². The zero-order valence-corrected chi connectivity index (χ0v) is 15.4. The molecule has 2 fully saturated rings. The maximum Gasteiger partial charge on any atom is 0.272 e. The second-order valence-electron chi connectivity index (χ2n) is 6.79. The van der Waals surface area contributed by atoms with E-state index in [2.05, 4.69) is 20.3 Å². The maximum absolute atomic E-state index is 12.9. The number of piperidine rings is 1. The first-order valence-corrected chi connectivity index (χ1v) is 9.20. The van der Waals surface area contributed by atoms with Gasteiger partial charge in [-0.2, -0.15) is 0 Å². The lowest BCUT2D eigenvalue weighted by atomic mass is 10.0. The molecule has 1 spiro atoms. The number of carbonyl (C=O) groups is 1. The van der Waals surface area contributed by atoms with Gasteiger partial charge in [-0.3, -0.25) is 9.78 Å². The highest BCUT2D eigenvalue weighted by molar-refractivity contribution is 5.92. The Hall–Kier alpha value is -2.58. The van der Waals surface area contributed by atoms with E-state index in [1.54, 1.807) is 17.2 Å². The van der Waals surface area contributed by atoms with E-state index in [0.717, 1.165) is 11.4 Å². The van der Waals surface area contributed by atoms with Crippen molar-refractivity contribution in [1.82, 2.24) is 19.9 Å². The van der Waals surface area contributed by atoms with Crippen molar-refractivity contribution >= 4 is 11.9 Å². The van der Waals surface area contributed by atoms with Crippen LogP contribution in [0.5, 0.6) is 0 Å². The van der Waals surface area contributed by atoms with Crippen molar-refractivity contribution < 1.29 is 14.3 Å². The average Bonchev–Trinajstić information content (AvgIpc) is 3.15. The van der Waals surface area contributed by atoms with Gasteiger partial charge in [-0.05, 0) is 25.1 Å². The van der Waals surface area contributed by atoms with E-state index in [-0.39, 0.29) is 5.91 Å². The van der Waals surface area contributed by atoms with Crippen LogP contribution in [0.1, 0.15) is 34.7 Å². The summed E-state index contributed by atoms with van der Waals surface area (Å²) in [6.07, 6.45) is 3.12. The number of aromatic nitrogens is 3. The van der Waals surface area contributed by atoms with E-state index in [1.807, 2.05) is 25.1 Å². The van der Waals surface area contributed by atoms with Crippen LogP contribution in [0.2, 0.25) is 0 Å². The maximum atomic E-state index is 12.9. The molecule has 4 rings (SSSR count). The number of hydrogen-bond acceptors (Lipinski definition) is 7. The number of nitrogens with zero attached hydrogens (tertiary/aromatic N) is 4. The first-order valence-electron chi connectivity index (χ1n) is 9.20. The molecule has 2 aliphatic rings. The number of aryl methyl sites for hydroxylation is 1. The number of ether oxygens (including phenoxy) is 2. The molecular weight excluding hydrogens is 346 g/mol. The molecule has 2 aromatic rings. The molecule has 1 amide bonds. The molecule has 0 aliphatic carbocycles. The Balaban J connectivity index is 1.42. The van der Waals surface area contributed by atoms with Crippen molar-refractivity contribution in [1.29, 1.82) is 0 Å². The molecule has 4 heterocycles. The smallest absolute Gasteiger partial charge is 0.272 e. The summed E-state index contributed by atoms with van der Waals surface area (Å²) in [7, 11) is 0. The zero-order chi connectivity index (χ0) is 18.7. The van der Waals surface area contributed by atoms with Crippen molar-refractivity contribution in [2.24, 2.45) is 0 Å². The summed E-state index contributed by atoms with van der Waals surface area (Å²) in [4.78, 5) is 27.7. The van der Waals surface area contributed by atoms with Crippen LogP contribution in [0.15, 0.2) is 30.5 Å². The third kappa shape index (κ3) is 4.06. The Bertz CT molecular complexity index is 798. The molecule has 142 valence electrons. The van der Waals surface area contributed by atoms with Gasteiger partial charge in [0.05, 0.1) is 25.5 Å². The minimum Gasteiger partial charge on any atom is -0.349 e. The summed E-state index contributed by atoms with van der Waals surface area (Å²) in [5.74, 6) is -0.150. The minimum atomic E-state index is -0.492. The molecule has 0 unspecified atom stereocenters. The fraction of sp³-hybridized carbons (Fsp3) is 0.474. The Morgan fingerprint density at radius 2 is 2.00 bits per heavy atom. The van der Waals surface area contributed by atoms with Crippen LogP contribution in [-0.2, 0) is 16.0 Å². The van der Waals surface area contributed by atoms with Gasteiger partial charge < -0.3 is 19.7 Å². The van der Waals surface area contributed by atoms with E-state index in [1.165, 1.54) is 0 Å². The molecule has 27 heavy (non-hydrogen) atoms. The fourth-order valence-corrected chi connectivity index (χ4v) is 3.43. The van der Waals surface area contributed by atoms with E-state index in [0.29, 0.717) is 57.3 Å². The molecule has 0 radical (unpaired) electrons. The van der Waals surface area contributed by atoms with Crippen LogP contribution in [0.4, 0.5) is 5.95 Å². The number of nitrogens with one attached hydrogen (secondary N) is 1. The third-order valence-electron chi connectivity index (χ3n) is 4.85. The highest BCUT2D eigenvalue weighted by Gasteiger charge is 2.41. The van der Waals surface area contributed by atoms with Gasteiger partial charge >= 0.3 is 0 Å². The van der Waals surface area contributed by atoms with Crippen LogP contribution >= 0.6 is 0 Å². The van der Waals surface area contributed by atoms with Gasteiger partial charge in [0.2, 0.25) is 5.95 Å². The molecule has 0 aromatic carbocycles. The first-order chi connectivity index (χ1) is 13.1. The van der Waals surface area contributed by atoms with Crippen molar-refractivity contribution in [3.63, 3.8) is 0 Å². The Morgan fingerprint density at radius 1 is 1.22 bits per heavy atom. The van der Waals surface area contributed by atoms with Gasteiger partial charge in [0.1, 0.15) is 5.69 Å². The Labute approximate surface area is 157 Å². The van der Waals surface area contributed by atoms with Crippen LogP contribution in [0, 0.1) is 6.92 Å². The molecule has 0 atom stereocenters. The molecule has 8 heteroatoms. The molecule has 2 aromatic heterocycles. The topological polar surface area (TPSA) is 89.5 Å². The monoisotopic (exact) mass is 369 g/mol. The summed E-state index contributed by atoms with van der Waals surface area (Å²) >= 11 is 0. The summed E-state index contributed by atoms with van der Waals surface area (Å²) < 4.78 is 11.5. The number of likely N-dealkylation sites (tertiary alicyclic amines) is 1. The normalized spacial score (nSPS) is 18.6. The van der Waals surface area contributed by atoms with Crippen molar-refractivity contribution in [2.45, 2.75) is 32.1 Å². The van der Waals surface area contributed by atoms with Crippen molar-refractivity contribution in [3.05, 3.63) is 47.5 Å². The molecular formula is C19H23N5O3. The number of amides is 1. The Morgan fingerprint density at radius 3 is 2.70 bits per heavy atom. The van der Waals surface area contributed by atoms with E-state index >= 15 is 0 Å². The van der Waals surface area contributed by atoms with E-state index in [4.69, 9.17) is 9.47 Å². The molecule has 1 N–H and O–H groups in total. The summed E-state index contributed by atoms with van der Waals surface area (Å²) in [6.45, 7) is 4.81. The summed E-state index contributed by atoms with van der Waals surface area (Å²) in [5, 5.41) is 3.14. The molecule has 2 saturated heterocycles. The molecule has 0 saturated carbocycles. The van der Waals surface area contributed by atoms with Crippen LogP contribution in [-0.4, -0.2) is 57.8 Å². The number of rotatable bonds is 4. The Kier molecular flexibility index (Phi) is 5.00. The quantitative estimate of drug-likeness (QED) is 0.878. The number of hydrogen-bond donors (Lipinski definition) is 1. The predicted molar refractivity (Wildman–Crippen MR) is 98.1 cm³/mol. The van der Waals surface area contributed by atoms with Gasteiger partial charge in [0, 0.05) is 37.8 Å². The van der Waals surface area contributed by atoms with Gasteiger partial charge in [-0.25, -0.2) is 9.97 Å². The lowest BCUT2D eigenvalue weighted by molar-refractivity contribution is -0.181. The van der Waals surface area contributed by atoms with Crippen molar-refractivity contribution in [2.75, 3.05) is 31.6 Å². The van der Waals surface area contributed by atoms with Gasteiger partial charge in [-0.1, -0.05) is 6.07 Å². The second-order valence-corrected chi connectivity index (χ2v) is 6.79. The minimum absolute atomic E-state index is 0.0887. The van der Waals surface area contributed by atoms with Gasteiger partial charge in [0.25, 0.3) is 5.91 Å². The first kappa shape index (κ1) is 17.8. The van der Waals surface area contributed by atoms with Crippen LogP contribution < -0.4 is 5.32 Å². The average molecular weight is 369 g/mol. The molecule has 8 nitrogen and oxygen atoms in total. The highest BCUT2D eigenvalue weighted by atomic mass is 16.7. The zero-order valence-electron chi connectivity index (χ0n) is 15.4. The summed E-state index contributed by atoms with van der Waals surface area (Å²) in [5.41, 5.74) is 2.02. The summed E-state index contributed by atoms with van der Waals surface area (Å²) in [6, 6.07) is 7.44. The highest BCUT2D eigenvalue weighted by Crippen LogP contribution is 2.31. The van der Waals surface area contributed by atoms with E-state index < -0.39 is 5.79 Å². The van der Waals surface area contributed by atoms with Crippen LogP contribution in [0.25, 0.3) is 0 Å². The lowest BCUT2D eigenvalue weighted by Gasteiger charge is -2.37. The second kappa shape index (κ2) is 7.58. The molecule has 2 aliphatic heterocycles. The van der Waals surface area contributed by atoms with Crippen LogP contribution in [0.3, 0.4) is 0 Å². The molecule has 0 bridgehead atoms. The predicted octanol–water partition coefficient (Wildman–Crippen LogP) is 1.77. The standard InChI is InChI=1S/C19H23N5O3/c1-14-12-16(23-18(22-14)21-13-15-4-2-3-7-20-15)17(25)24-8-5-19(6-9-24)26-10-11-27-19/h2-4,7,12H,5-6,8-11,13H2,1H3,(H,21,22,23). The number of carbonyl (C=O) groups excluding carboxylic acids is 1. The number of pyridine rings is 1. The third-order valence-corrected chi connectivity index (χ3v) is 4.85. The SMILES string of the molecule is Cc1cc(C(=O)N2CCC3(CC2)OCCO3)nc(NCc2ccccn2)n1. The van der Waals surface area contributed by atoms with Gasteiger partial charge in [-0.15, -0.1) is 0 Å². The van der Waals surface area contributed by atoms with Crippen molar-refractivity contribution in [3.8, 4) is 0 Å². The lowest BCUT2D eigenvalue weighted by Crippen LogP contribution is -2.47.